The third-order valence-electron chi connectivity index (χ3n) is 15.4. The number of aromatic nitrogens is 2. The van der Waals surface area contributed by atoms with Gasteiger partial charge in [0.25, 0.3) is 0 Å². The van der Waals surface area contributed by atoms with E-state index in [1.165, 1.54) is 12.1 Å². The number of rotatable bonds is 7. The summed E-state index contributed by atoms with van der Waals surface area (Å²) < 4.78 is 99.1. The van der Waals surface area contributed by atoms with E-state index in [4.69, 9.17) is 0 Å². The first-order chi connectivity index (χ1) is 38.1. The minimum atomic E-state index is -5.25. The molecule has 0 unspecified atom stereocenters. The van der Waals surface area contributed by atoms with Crippen LogP contribution in [0.2, 0.25) is 0 Å². The smallest absolute Gasteiger partial charge is 0.309 e. The summed E-state index contributed by atoms with van der Waals surface area (Å²) in [4.78, 5) is 0. The Balaban J connectivity index is 1.27. The molecular formula is C71H53F6N3. The number of alkyl halides is 6. The Labute approximate surface area is 460 Å². The lowest BCUT2D eigenvalue weighted by Crippen LogP contribution is -2.15. The zero-order chi connectivity index (χ0) is 56.3. The molecule has 0 bridgehead atoms. The minimum Gasteiger partial charge on any atom is -0.309 e. The zero-order valence-electron chi connectivity index (χ0n) is 45.4. The van der Waals surface area contributed by atoms with Crippen molar-refractivity contribution in [1.29, 1.82) is 5.26 Å². The molecule has 9 heteroatoms. The number of fused-ring (bicyclic) bond motifs is 6. The topological polar surface area (TPSA) is 33.6 Å². The summed E-state index contributed by atoms with van der Waals surface area (Å²) in [5.74, 6) is 0. The third-order valence-corrected chi connectivity index (χ3v) is 15.4. The molecule has 80 heavy (non-hydrogen) atoms. The number of hydrogen-bond donors (Lipinski definition) is 0. The highest BCUT2D eigenvalue weighted by molar-refractivity contribution is 6.13. The molecule has 0 spiro atoms. The van der Waals surface area contributed by atoms with Crippen molar-refractivity contribution in [3.05, 3.63) is 237 Å². The Morgan fingerprint density at radius 3 is 0.887 bits per heavy atom. The Hall–Kier alpha value is -9.13. The van der Waals surface area contributed by atoms with Crippen molar-refractivity contribution in [2.45, 2.75) is 67.7 Å². The van der Waals surface area contributed by atoms with Crippen LogP contribution < -0.4 is 0 Å². The monoisotopic (exact) mass is 1060 g/mol. The number of halogens is 6. The van der Waals surface area contributed by atoms with Crippen molar-refractivity contribution in [3.63, 3.8) is 0 Å². The Kier molecular flexibility index (Phi) is 12.3. The van der Waals surface area contributed by atoms with E-state index in [1.54, 1.807) is 4.57 Å². The van der Waals surface area contributed by atoms with E-state index in [-0.39, 0.29) is 22.5 Å². The van der Waals surface area contributed by atoms with Crippen molar-refractivity contribution in [1.82, 2.24) is 9.13 Å². The van der Waals surface area contributed by atoms with Crippen molar-refractivity contribution in [2.24, 2.45) is 0 Å². The lowest BCUT2D eigenvalue weighted by molar-refractivity contribution is -0.142. The van der Waals surface area contributed by atoms with E-state index in [0.717, 1.165) is 106 Å². The van der Waals surface area contributed by atoms with Gasteiger partial charge in [-0.25, -0.2) is 0 Å². The summed E-state index contributed by atoms with van der Waals surface area (Å²) in [6, 6.07) is 56.1. The van der Waals surface area contributed by atoms with Crippen molar-refractivity contribution < 1.29 is 26.3 Å². The van der Waals surface area contributed by atoms with Gasteiger partial charge in [-0.1, -0.05) is 172 Å². The van der Waals surface area contributed by atoms with E-state index in [0.29, 0.717) is 45.0 Å². The molecule has 0 aliphatic heterocycles. The molecule has 0 N–H and O–H groups in total. The molecule has 0 saturated heterocycles. The lowest BCUT2D eigenvalue weighted by atomic mass is 9.90. The minimum absolute atomic E-state index is 0.0279. The van der Waals surface area contributed by atoms with Gasteiger partial charge in [0, 0.05) is 32.7 Å². The van der Waals surface area contributed by atoms with Crippen molar-refractivity contribution in [2.75, 3.05) is 0 Å². The van der Waals surface area contributed by atoms with Gasteiger partial charge in [-0.05, 0) is 148 Å². The number of aryl methyl sites for hydroxylation is 8. The largest absolute Gasteiger partial charge is 0.417 e. The van der Waals surface area contributed by atoms with Gasteiger partial charge in [0.1, 0.15) is 6.07 Å². The van der Waals surface area contributed by atoms with E-state index in [9.17, 15) is 5.26 Å². The fourth-order valence-corrected chi connectivity index (χ4v) is 12.4. The second-order valence-electron chi connectivity index (χ2n) is 21.8. The molecule has 3 nitrogen and oxygen atoms in total. The summed E-state index contributed by atoms with van der Waals surface area (Å²) in [5, 5.41) is 14.7. The molecular weight excluding hydrogens is 1010 g/mol. The second kappa shape index (κ2) is 19.1. The van der Waals surface area contributed by atoms with Crippen LogP contribution in [0.4, 0.5) is 26.3 Å². The third kappa shape index (κ3) is 9.08. The van der Waals surface area contributed by atoms with E-state index >= 15 is 26.3 Å². The predicted molar refractivity (Wildman–Crippen MR) is 315 cm³/mol. The van der Waals surface area contributed by atoms with Gasteiger partial charge < -0.3 is 9.13 Å². The molecule has 2 aromatic heterocycles. The summed E-state index contributed by atoms with van der Waals surface area (Å²) in [6.45, 7) is 16.1. The van der Waals surface area contributed by atoms with Gasteiger partial charge >= 0.3 is 12.4 Å². The summed E-state index contributed by atoms with van der Waals surface area (Å²) in [6.07, 6.45) is -10.5. The molecule has 394 valence electrons. The van der Waals surface area contributed by atoms with E-state index in [2.05, 4.69) is 54.6 Å². The molecule has 0 atom stereocenters. The summed E-state index contributed by atoms with van der Waals surface area (Å²) >= 11 is 0. The molecule has 0 fully saturated rings. The predicted octanol–water partition coefficient (Wildman–Crippen LogP) is 20.6. The van der Waals surface area contributed by atoms with Crippen LogP contribution in [0, 0.1) is 66.7 Å². The highest BCUT2D eigenvalue weighted by Crippen LogP contribution is 2.50. The quantitative estimate of drug-likeness (QED) is 0.146. The van der Waals surface area contributed by atoms with Crippen LogP contribution in [-0.4, -0.2) is 9.13 Å². The second-order valence-corrected chi connectivity index (χ2v) is 21.8. The first kappa shape index (κ1) is 51.6. The molecule has 0 amide bonds. The number of nitriles is 1. The molecule has 2 heterocycles. The summed E-state index contributed by atoms with van der Waals surface area (Å²) in [7, 11) is 0. The summed E-state index contributed by atoms with van der Waals surface area (Å²) in [5.41, 5.74) is 13.2. The molecule has 0 saturated carbocycles. The molecule has 10 aromatic carbocycles. The Morgan fingerprint density at radius 1 is 0.325 bits per heavy atom. The highest BCUT2D eigenvalue weighted by Gasteiger charge is 2.42. The van der Waals surface area contributed by atoms with Crippen molar-refractivity contribution in [3.8, 4) is 73.1 Å². The molecule has 12 aromatic rings. The average Bonchev–Trinajstić information content (AvgIpc) is 4.00. The van der Waals surface area contributed by atoms with Crippen LogP contribution >= 0.6 is 0 Å². The van der Waals surface area contributed by atoms with Crippen LogP contribution in [-0.2, 0) is 12.4 Å². The molecule has 0 aliphatic carbocycles. The van der Waals surface area contributed by atoms with E-state index < -0.39 is 29.0 Å². The van der Waals surface area contributed by atoms with Gasteiger partial charge in [-0.15, -0.1) is 0 Å². The first-order valence-corrected chi connectivity index (χ1v) is 26.5. The number of benzene rings is 10. The average molecular weight is 1060 g/mol. The first-order valence-electron chi connectivity index (χ1n) is 26.5. The van der Waals surface area contributed by atoms with Crippen LogP contribution in [0.1, 0.15) is 61.2 Å². The number of hydrogen-bond acceptors (Lipinski definition) is 1. The van der Waals surface area contributed by atoms with Gasteiger partial charge in [-0.3, -0.25) is 0 Å². The molecule has 12 rings (SSSR count). The fraction of sp³-hybridized carbons (Fsp3) is 0.141. The van der Waals surface area contributed by atoms with Crippen molar-refractivity contribution >= 4 is 43.6 Å². The van der Waals surface area contributed by atoms with Gasteiger partial charge in [0.05, 0.1) is 50.1 Å². The Morgan fingerprint density at radius 2 is 0.613 bits per heavy atom. The lowest BCUT2D eigenvalue weighted by Gasteiger charge is -2.24. The fourth-order valence-electron chi connectivity index (χ4n) is 12.4. The standard InChI is InChI=1S/C71H53F6N3/c1-39-20-40(2)25-51(24-39)47-12-16-56-57-17-13-48(52-26-41(3)21-42(4)27-52)33-65(57)79(64(56)32-47)63-37-60(69-61(70(72,73)74)10-9-11-62(69)71(75,76)77)68(36-55(63)38-78)80-66-34-49(53-28-43(5)22-44(6)29-53)14-18-58(66)59-19-15-50(35-67(59)80)54-30-45(7)23-46(8)31-54/h9-37H,1-8H3. The normalized spacial score (nSPS) is 12.1. The van der Waals surface area contributed by atoms with Gasteiger partial charge in [0.2, 0.25) is 0 Å². The SMILES string of the molecule is Cc1cc(C)cc(-c2ccc3c4ccc(-c5cc(C)cc(C)c5)cc4n(-c4cc(-c5c(C(F)(F)F)cccc5C(F)(F)F)c(-n5c6cc(-c7cc(C)cc(C)c7)ccc6c6ccc(-c7cc(C)cc(C)c7)cc65)cc4C#N)c3c2)c1. The maximum absolute atomic E-state index is 15.9. The van der Waals surface area contributed by atoms with Crippen LogP contribution in [0.3, 0.4) is 0 Å². The maximum atomic E-state index is 15.9. The van der Waals surface area contributed by atoms with Gasteiger partial charge in [0.15, 0.2) is 0 Å². The maximum Gasteiger partial charge on any atom is 0.417 e. The van der Waals surface area contributed by atoms with Gasteiger partial charge in [-0.2, -0.15) is 31.6 Å². The van der Waals surface area contributed by atoms with Crippen LogP contribution in [0.5, 0.6) is 0 Å². The highest BCUT2D eigenvalue weighted by atomic mass is 19.4. The number of nitrogens with zero attached hydrogens (tertiary/aromatic N) is 3. The molecule has 0 radical (unpaired) electrons. The van der Waals surface area contributed by atoms with Crippen LogP contribution in [0.15, 0.2) is 176 Å². The van der Waals surface area contributed by atoms with Crippen LogP contribution in [0.25, 0.3) is 111 Å². The Bertz CT molecular complexity index is 4280. The zero-order valence-corrected chi connectivity index (χ0v) is 45.4. The molecule has 0 aliphatic rings. The van der Waals surface area contributed by atoms with E-state index in [1.807, 2.05) is 157 Å².